The molecule has 2 amide bonds. The van der Waals surface area contributed by atoms with Gasteiger partial charge in [-0.15, -0.1) is 0 Å². The van der Waals surface area contributed by atoms with Gasteiger partial charge in [-0.05, 0) is 42.8 Å². The number of benzene rings is 2. The van der Waals surface area contributed by atoms with Crippen molar-refractivity contribution in [2.75, 3.05) is 11.5 Å². The number of amides is 2. The zero-order chi connectivity index (χ0) is 19.0. The van der Waals surface area contributed by atoms with E-state index in [-0.39, 0.29) is 11.8 Å². The highest BCUT2D eigenvalue weighted by molar-refractivity contribution is 6.31. The lowest BCUT2D eigenvalue weighted by atomic mass is 10.1. The molecular formula is C19H17ClN4O3. The van der Waals surface area contributed by atoms with Crippen LogP contribution in [0.4, 0.5) is 5.69 Å². The minimum atomic E-state index is -0.827. The van der Waals surface area contributed by atoms with Crippen LogP contribution in [-0.2, 0) is 16.1 Å². The van der Waals surface area contributed by atoms with Crippen LogP contribution in [0.5, 0.6) is 5.75 Å². The van der Waals surface area contributed by atoms with Crippen molar-refractivity contribution in [1.82, 2.24) is 5.01 Å². The zero-order valence-corrected chi connectivity index (χ0v) is 15.3. The number of carbonyl (C=O) groups is 2. The maximum atomic E-state index is 13.0. The van der Waals surface area contributed by atoms with Crippen LogP contribution in [0.25, 0.3) is 0 Å². The fourth-order valence-electron chi connectivity index (χ4n) is 3.27. The molecule has 7 nitrogen and oxygen atoms in total. The molecule has 0 radical (unpaired) electrons. The molecule has 138 valence electrons. The van der Waals surface area contributed by atoms with Crippen molar-refractivity contribution in [1.29, 1.82) is 0 Å². The van der Waals surface area contributed by atoms with Crippen molar-refractivity contribution in [2.45, 2.75) is 25.6 Å². The van der Waals surface area contributed by atoms with Gasteiger partial charge in [-0.2, -0.15) is 5.11 Å². The number of rotatable bonds is 5. The van der Waals surface area contributed by atoms with E-state index >= 15 is 0 Å². The molecule has 2 aromatic rings. The Bertz CT molecular complexity index is 915. The second-order valence-corrected chi connectivity index (χ2v) is 6.63. The van der Waals surface area contributed by atoms with Crippen LogP contribution in [-0.4, -0.2) is 35.5 Å². The van der Waals surface area contributed by atoms with Crippen LogP contribution < -0.4 is 9.64 Å². The minimum Gasteiger partial charge on any atom is -0.494 e. The van der Waals surface area contributed by atoms with Gasteiger partial charge >= 0.3 is 0 Å². The summed E-state index contributed by atoms with van der Waals surface area (Å²) in [5, 5.41) is 10.2. The Hall–Kier alpha value is -2.93. The topological polar surface area (TPSA) is 74.6 Å². The SMILES string of the molecule is CCOc1ccc(N2C(=O)[C@H]3N=NN(Cc4ccccc4Cl)[C@@H]3C2=O)cc1. The molecule has 0 bridgehead atoms. The molecule has 8 heteroatoms. The summed E-state index contributed by atoms with van der Waals surface area (Å²) < 4.78 is 5.40. The molecular weight excluding hydrogens is 368 g/mol. The Balaban J connectivity index is 1.57. The molecule has 0 spiro atoms. The van der Waals surface area contributed by atoms with E-state index in [0.717, 1.165) is 5.56 Å². The van der Waals surface area contributed by atoms with Crippen LogP contribution >= 0.6 is 11.6 Å². The summed E-state index contributed by atoms with van der Waals surface area (Å²) in [5.41, 5.74) is 1.31. The van der Waals surface area contributed by atoms with E-state index in [1.807, 2.05) is 25.1 Å². The minimum absolute atomic E-state index is 0.306. The summed E-state index contributed by atoms with van der Waals surface area (Å²) in [7, 11) is 0. The third-order valence-corrected chi connectivity index (χ3v) is 4.92. The number of anilines is 1. The predicted molar refractivity (Wildman–Crippen MR) is 99.5 cm³/mol. The summed E-state index contributed by atoms with van der Waals surface area (Å²) in [6.07, 6.45) is 0. The molecule has 1 fully saturated rings. The van der Waals surface area contributed by atoms with E-state index < -0.39 is 12.1 Å². The molecule has 27 heavy (non-hydrogen) atoms. The summed E-state index contributed by atoms with van der Waals surface area (Å²) in [5.74, 6) is -0.0358. The molecule has 4 rings (SSSR count). The molecule has 0 N–H and O–H groups in total. The zero-order valence-electron chi connectivity index (χ0n) is 14.6. The lowest BCUT2D eigenvalue weighted by molar-refractivity contribution is -0.123. The van der Waals surface area contributed by atoms with Crippen molar-refractivity contribution in [2.24, 2.45) is 10.3 Å². The second kappa shape index (κ2) is 7.00. The van der Waals surface area contributed by atoms with Gasteiger partial charge in [0.2, 0.25) is 0 Å². The number of nitrogens with zero attached hydrogens (tertiary/aromatic N) is 4. The molecule has 0 saturated carbocycles. The van der Waals surface area contributed by atoms with E-state index in [0.29, 0.717) is 29.6 Å². The van der Waals surface area contributed by atoms with E-state index in [4.69, 9.17) is 16.3 Å². The molecule has 2 atom stereocenters. The average molecular weight is 385 g/mol. The summed E-state index contributed by atoms with van der Waals surface area (Å²) in [6.45, 7) is 2.74. The number of fused-ring (bicyclic) bond motifs is 1. The lowest BCUT2D eigenvalue weighted by Gasteiger charge is -2.21. The number of imide groups is 1. The van der Waals surface area contributed by atoms with Gasteiger partial charge < -0.3 is 4.74 Å². The van der Waals surface area contributed by atoms with Crippen molar-refractivity contribution >= 4 is 29.1 Å². The average Bonchev–Trinajstić information content (AvgIpc) is 3.19. The first-order valence-corrected chi connectivity index (χ1v) is 8.99. The largest absolute Gasteiger partial charge is 0.494 e. The van der Waals surface area contributed by atoms with Crippen LogP contribution in [0.2, 0.25) is 5.02 Å². The van der Waals surface area contributed by atoms with Gasteiger partial charge in [-0.25, -0.2) is 4.90 Å². The lowest BCUT2D eigenvalue weighted by Crippen LogP contribution is -2.39. The Labute approximate surface area is 161 Å². The van der Waals surface area contributed by atoms with Crippen molar-refractivity contribution in [3.63, 3.8) is 0 Å². The highest BCUT2D eigenvalue weighted by Crippen LogP contribution is 2.34. The molecule has 2 heterocycles. The Morgan fingerprint density at radius 1 is 1.07 bits per heavy atom. The van der Waals surface area contributed by atoms with Gasteiger partial charge in [-0.3, -0.25) is 14.6 Å². The second-order valence-electron chi connectivity index (χ2n) is 6.22. The number of hydrogen-bond donors (Lipinski definition) is 0. The molecule has 2 aliphatic rings. The molecule has 2 aliphatic heterocycles. The fraction of sp³-hybridized carbons (Fsp3) is 0.263. The Morgan fingerprint density at radius 3 is 2.52 bits per heavy atom. The van der Waals surface area contributed by atoms with E-state index in [2.05, 4.69) is 10.3 Å². The summed E-state index contributed by atoms with van der Waals surface area (Å²) in [4.78, 5) is 26.9. The molecule has 0 aliphatic carbocycles. The maximum Gasteiger partial charge on any atom is 0.263 e. The molecule has 2 aromatic carbocycles. The Kier molecular flexibility index (Phi) is 4.53. The molecule has 1 saturated heterocycles. The molecule has 0 aromatic heterocycles. The summed E-state index contributed by atoms with van der Waals surface area (Å²) >= 11 is 6.20. The summed E-state index contributed by atoms with van der Waals surface area (Å²) in [6, 6.07) is 12.6. The van der Waals surface area contributed by atoms with Crippen molar-refractivity contribution in [3.05, 3.63) is 59.1 Å². The normalized spacial score (nSPS) is 21.1. The van der Waals surface area contributed by atoms with Gasteiger partial charge in [0.15, 0.2) is 12.1 Å². The molecule has 0 unspecified atom stereocenters. The van der Waals surface area contributed by atoms with Gasteiger partial charge in [0.1, 0.15) is 5.75 Å². The number of halogens is 1. The van der Waals surface area contributed by atoms with E-state index in [1.165, 1.54) is 9.91 Å². The van der Waals surface area contributed by atoms with Gasteiger partial charge in [-0.1, -0.05) is 35.0 Å². The standard InChI is InChI=1S/C19H17ClN4O3/c1-2-27-14-9-7-13(8-10-14)24-18(25)16-17(19(24)26)23(22-21-16)11-12-5-3-4-6-15(12)20/h3-10,16-17H,2,11H2,1H3/t16-,17-/m0/s1. The quantitative estimate of drug-likeness (QED) is 0.742. The van der Waals surface area contributed by atoms with Crippen LogP contribution in [0.1, 0.15) is 12.5 Å². The number of carbonyl (C=O) groups excluding carboxylic acids is 2. The first-order valence-electron chi connectivity index (χ1n) is 8.61. The van der Waals surface area contributed by atoms with Crippen molar-refractivity contribution < 1.29 is 14.3 Å². The third-order valence-electron chi connectivity index (χ3n) is 4.55. The van der Waals surface area contributed by atoms with Gasteiger partial charge in [0.25, 0.3) is 11.8 Å². The predicted octanol–water partition coefficient (Wildman–Crippen LogP) is 3.23. The fourth-order valence-corrected chi connectivity index (χ4v) is 3.46. The van der Waals surface area contributed by atoms with Gasteiger partial charge in [0, 0.05) is 5.02 Å². The number of hydrogen-bond acceptors (Lipinski definition) is 6. The third kappa shape index (κ3) is 3.04. The number of ether oxygens (including phenoxy) is 1. The van der Waals surface area contributed by atoms with Crippen LogP contribution in [0.15, 0.2) is 58.9 Å². The highest BCUT2D eigenvalue weighted by atomic mass is 35.5. The van der Waals surface area contributed by atoms with Crippen molar-refractivity contribution in [3.8, 4) is 5.75 Å². The smallest absolute Gasteiger partial charge is 0.263 e. The first-order chi connectivity index (χ1) is 13.1. The van der Waals surface area contributed by atoms with E-state index in [1.54, 1.807) is 30.3 Å². The monoisotopic (exact) mass is 384 g/mol. The highest BCUT2D eigenvalue weighted by Gasteiger charge is 2.54. The van der Waals surface area contributed by atoms with Crippen LogP contribution in [0.3, 0.4) is 0 Å². The maximum absolute atomic E-state index is 13.0. The first kappa shape index (κ1) is 17.5. The van der Waals surface area contributed by atoms with E-state index in [9.17, 15) is 9.59 Å². The Morgan fingerprint density at radius 2 is 1.81 bits per heavy atom. The van der Waals surface area contributed by atoms with Crippen LogP contribution in [0, 0.1) is 0 Å². The van der Waals surface area contributed by atoms with Gasteiger partial charge in [0.05, 0.1) is 18.8 Å².